The van der Waals surface area contributed by atoms with Gasteiger partial charge in [-0.15, -0.1) is 0 Å². The Balaban J connectivity index is 0.000000248. The number of ether oxygens (including phenoxy) is 2. The Hall–Kier alpha value is -8.96. The van der Waals surface area contributed by atoms with Gasteiger partial charge in [0.25, 0.3) is 0 Å². The molecule has 0 saturated carbocycles. The number of thioether (sulfide) groups is 1. The lowest BCUT2D eigenvalue weighted by Crippen LogP contribution is -2.50. The number of unbranched alkanes of at least 4 members (excludes halogenated alkanes) is 4. The zero-order chi connectivity index (χ0) is 72.9. The first kappa shape index (κ1) is 83.7. The second-order valence-electron chi connectivity index (χ2n) is 25.7. The summed E-state index contributed by atoms with van der Waals surface area (Å²) in [6.07, 6.45) is 20.3. The van der Waals surface area contributed by atoms with E-state index in [0.717, 1.165) is 133 Å². The van der Waals surface area contributed by atoms with Gasteiger partial charge >= 0.3 is 12.2 Å². The molecular formula is C80H112N14O6S2. The van der Waals surface area contributed by atoms with Gasteiger partial charge in [-0.1, -0.05) is 238 Å². The van der Waals surface area contributed by atoms with E-state index in [1.54, 1.807) is 57.1 Å². The van der Waals surface area contributed by atoms with E-state index in [1.807, 2.05) is 165 Å². The summed E-state index contributed by atoms with van der Waals surface area (Å²) in [4.78, 5) is 85.4. The third-order valence-electron chi connectivity index (χ3n) is 16.7. The first-order valence-corrected chi connectivity index (χ1v) is 37.3. The van der Waals surface area contributed by atoms with Gasteiger partial charge in [-0.25, -0.2) is 29.5 Å². The van der Waals surface area contributed by atoms with E-state index in [-0.39, 0.29) is 44.0 Å². The molecular weight excluding hydrogens is 1320 g/mol. The first-order valence-electron chi connectivity index (χ1n) is 35.3. The quantitative estimate of drug-likeness (QED) is 0.0178. The molecule has 0 radical (unpaired) electrons. The van der Waals surface area contributed by atoms with E-state index in [1.165, 1.54) is 30.2 Å². The van der Waals surface area contributed by atoms with Crippen molar-refractivity contribution in [1.29, 1.82) is 0 Å². The molecule has 6 atom stereocenters. The van der Waals surface area contributed by atoms with Crippen LogP contribution in [0.1, 0.15) is 186 Å². The van der Waals surface area contributed by atoms with Crippen LogP contribution in [0.25, 0.3) is 45.0 Å². The largest absolute Gasteiger partial charge is 0.445 e. The number of carbonyl (C=O) groups excluding carboxylic acids is 4. The molecule has 0 bridgehead atoms. The number of nitrogens with two attached hydrogens (primary N) is 1. The van der Waals surface area contributed by atoms with Gasteiger partial charge in [0.05, 0.1) is 77.8 Å². The summed E-state index contributed by atoms with van der Waals surface area (Å²) < 4.78 is 10.7. The molecule has 0 spiro atoms. The highest BCUT2D eigenvalue weighted by atomic mass is 32.2. The SMILES string of the molecule is C.CCCC[C@@H](c1ncc(-c2ccccc2)[nH]1)N(C)C(=O)[C@@H](N)CS.CCCC[C@@H](c1ncc(-c2ccccc2)[nH]1)N(C)C(=O)[C@H](CSC)NC(=O)OC(C)(C)C.CCCC[C@H](NC(=O)OCc1ccccc1)c1ncc(-c2ccccc2)[nH]1.CCCC[C@H](NC)c1ncc(-c2ccccc2)[nH]1. The minimum atomic E-state index is -0.683. The number of benzene rings is 5. The molecule has 0 unspecified atom stereocenters. The molecule has 0 aliphatic rings. The number of hydrogen-bond acceptors (Lipinski definition) is 14. The molecule has 550 valence electrons. The Bertz CT molecular complexity index is 3770. The van der Waals surface area contributed by atoms with Crippen LogP contribution in [0.3, 0.4) is 0 Å². The fourth-order valence-electron chi connectivity index (χ4n) is 11.0. The highest BCUT2D eigenvalue weighted by Gasteiger charge is 2.32. The number of imidazole rings is 4. The van der Waals surface area contributed by atoms with E-state index >= 15 is 0 Å². The Morgan fingerprint density at radius 3 is 1.25 bits per heavy atom. The van der Waals surface area contributed by atoms with Gasteiger partial charge in [0.1, 0.15) is 41.5 Å². The van der Waals surface area contributed by atoms with Gasteiger partial charge in [0.2, 0.25) is 11.8 Å². The lowest BCUT2D eigenvalue weighted by Gasteiger charge is -2.31. The Morgan fingerprint density at radius 2 is 0.873 bits per heavy atom. The molecule has 4 heterocycles. The smallest absolute Gasteiger partial charge is 0.408 e. The number of aromatic nitrogens is 8. The molecule has 20 nitrogen and oxygen atoms in total. The van der Waals surface area contributed by atoms with Crippen LogP contribution in [0, 0.1) is 0 Å². The monoisotopic (exact) mass is 1430 g/mol. The molecule has 9 aromatic rings. The van der Waals surface area contributed by atoms with Gasteiger partial charge in [0.15, 0.2) is 0 Å². The van der Waals surface area contributed by atoms with Crippen LogP contribution in [-0.2, 0) is 25.7 Å². The van der Waals surface area contributed by atoms with Crippen LogP contribution in [0.15, 0.2) is 176 Å². The molecule has 22 heteroatoms. The van der Waals surface area contributed by atoms with Crippen molar-refractivity contribution in [3.8, 4) is 45.0 Å². The summed E-state index contributed by atoms with van der Waals surface area (Å²) >= 11 is 5.63. The van der Waals surface area contributed by atoms with Crippen molar-refractivity contribution in [3.05, 3.63) is 205 Å². The number of hydrogen-bond donors (Lipinski definition) is 9. The van der Waals surface area contributed by atoms with Crippen molar-refractivity contribution in [3.63, 3.8) is 0 Å². The number of alkyl carbamates (subject to hydrolysis) is 2. The van der Waals surface area contributed by atoms with Crippen LogP contribution in [0.5, 0.6) is 0 Å². The van der Waals surface area contributed by atoms with E-state index in [4.69, 9.17) is 15.2 Å². The first-order chi connectivity index (χ1) is 48.8. The summed E-state index contributed by atoms with van der Waals surface area (Å²) in [5.41, 5.74) is 14.4. The predicted molar refractivity (Wildman–Crippen MR) is 420 cm³/mol. The van der Waals surface area contributed by atoms with Crippen LogP contribution < -0.4 is 21.7 Å². The summed E-state index contributed by atoms with van der Waals surface area (Å²) in [5, 5.41) is 9.02. The minimum absolute atomic E-state index is 0. The molecule has 102 heavy (non-hydrogen) atoms. The normalized spacial score (nSPS) is 12.7. The number of rotatable bonds is 32. The Morgan fingerprint density at radius 1 is 0.520 bits per heavy atom. The second-order valence-corrected chi connectivity index (χ2v) is 27.0. The van der Waals surface area contributed by atoms with Gasteiger partial charge < -0.3 is 60.9 Å². The average molecular weight is 1430 g/mol. The van der Waals surface area contributed by atoms with E-state index in [9.17, 15) is 19.2 Å². The molecule has 0 fully saturated rings. The predicted octanol–water partition coefficient (Wildman–Crippen LogP) is 17.4. The highest BCUT2D eigenvalue weighted by molar-refractivity contribution is 7.98. The van der Waals surface area contributed by atoms with Crippen molar-refractivity contribution in [2.45, 2.75) is 181 Å². The van der Waals surface area contributed by atoms with Crippen LogP contribution >= 0.6 is 24.4 Å². The molecule has 4 aromatic heterocycles. The topological polar surface area (TPSA) is 270 Å². The van der Waals surface area contributed by atoms with Gasteiger partial charge in [-0.2, -0.15) is 24.4 Å². The fourth-order valence-corrected chi connectivity index (χ4v) is 11.7. The zero-order valence-corrected chi connectivity index (χ0v) is 62.6. The standard InChI is InChI=1S/C24H36N4O3S.C22H25N3O2.C18H26N4OS.C15H21N3.CH4/c1-7-8-14-20(21-25-15-18(26-21)17-12-10-9-11-13-17)28(5)22(29)19(16-32-6)27-23(30)31-24(2,3)4;1-2-3-14-19(25-22(26)27-16-17-10-6-4-7-11-17)21-23-15-20(24-21)18-12-8-5-9-13-18;1-3-4-10-16(22(2)18(23)14(19)12-24)17-20-11-15(21-17)13-8-6-5-7-9-13;1-3-4-10-13(16-2)15-17-11-14(18-15)12-8-6-5-7-9-12;/h9-13,15,19-20H,7-8,14,16H2,1-6H3,(H,25,26)(H,27,30);4-13,15,19H,2-3,14,16H2,1H3,(H,23,24)(H,25,26);5-9,11,14,16,24H,3-4,10,12,19H2,1-2H3,(H,20,21);5-9,11,13,16H,3-4,10H2,1-2H3,(H,17,18);1H4/t19-,20-;19-;14-,16-;13-;/m0000./s1. The molecule has 0 saturated heterocycles. The molecule has 9 N–H and O–H groups in total. The number of nitrogens with one attached hydrogen (secondary N) is 7. The molecule has 0 aliphatic heterocycles. The average Bonchev–Trinajstić information content (AvgIpc) is 1.65. The third-order valence-corrected chi connectivity index (χ3v) is 17.7. The Labute approximate surface area is 615 Å². The number of aromatic amines is 4. The van der Waals surface area contributed by atoms with Gasteiger partial charge in [-0.3, -0.25) is 9.59 Å². The number of H-pyrrole nitrogens is 4. The maximum absolute atomic E-state index is 13.4. The van der Waals surface area contributed by atoms with Crippen LogP contribution in [0.2, 0.25) is 0 Å². The van der Waals surface area contributed by atoms with Crippen LogP contribution in [0.4, 0.5) is 9.59 Å². The Kier molecular flexibility index (Phi) is 37.0. The zero-order valence-electron chi connectivity index (χ0n) is 60.9. The number of likely N-dealkylation sites (N-methyl/N-ethyl adjacent to an activating group) is 2. The van der Waals surface area contributed by atoms with Crippen LogP contribution in [-0.4, -0.2) is 130 Å². The van der Waals surface area contributed by atoms with Gasteiger partial charge in [-0.05, 0) is 87.6 Å². The van der Waals surface area contributed by atoms with Crippen molar-refractivity contribution < 1.29 is 28.7 Å². The number of thiol groups is 1. The van der Waals surface area contributed by atoms with E-state index < -0.39 is 29.9 Å². The van der Waals surface area contributed by atoms with Gasteiger partial charge in [0, 0.05) is 25.6 Å². The summed E-state index contributed by atoms with van der Waals surface area (Å²) in [5.74, 6) is 3.84. The van der Waals surface area contributed by atoms with E-state index in [2.05, 4.69) is 108 Å². The third kappa shape index (κ3) is 27.4. The molecule has 4 amide bonds. The van der Waals surface area contributed by atoms with Crippen molar-refractivity contribution in [2.24, 2.45) is 5.73 Å². The van der Waals surface area contributed by atoms with Crippen molar-refractivity contribution in [2.75, 3.05) is 38.9 Å². The van der Waals surface area contributed by atoms with Crippen molar-refractivity contribution >= 4 is 48.4 Å². The maximum Gasteiger partial charge on any atom is 0.408 e. The summed E-state index contributed by atoms with van der Waals surface area (Å²) in [7, 11) is 5.55. The summed E-state index contributed by atoms with van der Waals surface area (Å²) in [6, 6.07) is 48.5. The maximum atomic E-state index is 13.4. The minimum Gasteiger partial charge on any atom is -0.445 e. The van der Waals surface area contributed by atoms with E-state index in [0.29, 0.717) is 17.5 Å². The number of amides is 4. The van der Waals surface area contributed by atoms with Crippen molar-refractivity contribution in [1.82, 2.24) is 65.6 Å². The number of nitrogens with zero attached hydrogens (tertiary/aromatic N) is 6. The fraction of sp³-hybridized carbons (Fsp3) is 0.425. The summed E-state index contributed by atoms with van der Waals surface area (Å²) in [6.45, 7) is 14.2. The lowest BCUT2D eigenvalue weighted by atomic mass is 10.1. The molecule has 5 aromatic carbocycles. The molecule has 0 aliphatic carbocycles. The second kappa shape index (κ2) is 45.1. The number of carbonyl (C=O) groups is 4. The lowest BCUT2D eigenvalue weighted by molar-refractivity contribution is -0.134. The molecule has 9 rings (SSSR count). The highest BCUT2D eigenvalue weighted by Crippen LogP contribution is 2.30.